The highest BCUT2D eigenvalue weighted by Crippen LogP contribution is 2.18. The first-order valence-electron chi connectivity index (χ1n) is 6.39. The molecule has 0 aliphatic rings. The number of hydrogen-bond donors (Lipinski definition) is 1. The van der Waals surface area contributed by atoms with Gasteiger partial charge in [0.15, 0.2) is 6.10 Å². The predicted molar refractivity (Wildman–Crippen MR) is 82.2 cm³/mol. The summed E-state index contributed by atoms with van der Waals surface area (Å²) < 4.78 is 5.53. The topological polar surface area (TPSA) is 38.3 Å². The van der Waals surface area contributed by atoms with Crippen LogP contribution in [-0.2, 0) is 4.79 Å². The average Bonchev–Trinajstić information content (AvgIpc) is 2.38. The first-order chi connectivity index (χ1) is 9.13. The van der Waals surface area contributed by atoms with E-state index in [1.54, 1.807) is 31.2 Å². The molecule has 0 aliphatic carbocycles. The number of carbonyl (C=O) groups is 1. The molecule has 19 heavy (non-hydrogen) atoms. The summed E-state index contributed by atoms with van der Waals surface area (Å²) in [5, 5.41) is 4.47. The second-order valence-electron chi connectivity index (χ2n) is 4.26. The van der Waals surface area contributed by atoms with Crippen LogP contribution in [0, 0.1) is 0 Å². The molecular formula is C14H19BrClNO2. The monoisotopic (exact) mass is 347 g/mol. The molecule has 1 amide bonds. The lowest BCUT2D eigenvalue weighted by Gasteiger charge is -2.14. The van der Waals surface area contributed by atoms with Crippen LogP contribution in [0.25, 0.3) is 0 Å². The molecule has 0 saturated carbocycles. The van der Waals surface area contributed by atoms with Gasteiger partial charge in [0.05, 0.1) is 0 Å². The summed E-state index contributed by atoms with van der Waals surface area (Å²) in [5.74, 6) is 0.508. The van der Waals surface area contributed by atoms with Crippen LogP contribution in [0.5, 0.6) is 5.75 Å². The molecule has 0 fully saturated rings. The standard InChI is InChI=1S/C14H19BrClNO2/c1-11(14(18)17-9-4-2-3-8-15)19-13-7-5-6-12(16)10-13/h5-7,10-11H,2-4,8-9H2,1H3,(H,17,18). The summed E-state index contributed by atoms with van der Waals surface area (Å²) in [7, 11) is 0. The number of unbranched alkanes of at least 4 members (excludes halogenated alkanes) is 2. The lowest BCUT2D eigenvalue weighted by Crippen LogP contribution is -2.36. The molecule has 1 atom stereocenters. The van der Waals surface area contributed by atoms with Crippen molar-refractivity contribution in [1.82, 2.24) is 5.32 Å². The van der Waals surface area contributed by atoms with Crippen LogP contribution in [0.15, 0.2) is 24.3 Å². The Kier molecular flexibility index (Phi) is 7.91. The molecule has 1 N–H and O–H groups in total. The number of ether oxygens (including phenoxy) is 1. The quantitative estimate of drug-likeness (QED) is 0.573. The Labute approximate surface area is 127 Å². The minimum absolute atomic E-state index is 0.0983. The molecule has 1 unspecified atom stereocenters. The van der Waals surface area contributed by atoms with Gasteiger partial charge >= 0.3 is 0 Å². The van der Waals surface area contributed by atoms with E-state index >= 15 is 0 Å². The van der Waals surface area contributed by atoms with Gasteiger partial charge in [-0.15, -0.1) is 0 Å². The van der Waals surface area contributed by atoms with Gasteiger partial charge < -0.3 is 10.1 Å². The highest BCUT2D eigenvalue weighted by atomic mass is 79.9. The van der Waals surface area contributed by atoms with E-state index in [0.717, 1.165) is 24.6 Å². The zero-order chi connectivity index (χ0) is 14.1. The molecule has 1 aromatic carbocycles. The van der Waals surface area contributed by atoms with E-state index in [2.05, 4.69) is 21.2 Å². The maximum Gasteiger partial charge on any atom is 0.260 e. The Morgan fingerprint density at radius 3 is 2.89 bits per heavy atom. The fourth-order valence-corrected chi connectivity index (χ4v) is 2.13. The van der Waals surface area contributed by atoms with Crippen molar-refractivity contribution in [2.75, 3.05) is 11.9 Å². The lowest BCUT2D eigenvalue weighted by molar-refractivity contribution is -0.127. The van der Waals surface area contributed by atoms with Crippen molar-refractivity contribution in [3.63, 3.8) is 0 Å². The van der Waals surface area contributed by atoms with E-state index in [9.17, 15) is 4.79 Å². The lowest BCUT2D eigenvalue weighted by atomic mass is 10.2. The third-order valence-corrected chi connectivity index (χ3v) is 3.38. The number of halogens is 2. The molecule has 0 heterocycles. The SMILES string of the molecule is CC(Oc1cccc(Cl)c1)C(=O)NCCCCCBr. The summed E-state index contributed by atoms with van der Waals surface area (Å²) in [6, 6.07) is 7.04. The number of hydrogen-bond acceptors (Lipinski definition) is 2. The van der Waals surface area contributed by atoms with Crippen molar-refractivity contribution in [3.8, 4) is 5.75 Å². The van der Waals surface area contributed by atoms with E-state index < -0.39 is 6.10 Å². The van der Waals surface area contributed by atoms with E-state index in [1.807, 2.05) is 0 Å². The molecule has 0 radical (unpaired) electrons. The van der Waals surface area contributed by atoms with Gasteiger partial charge in [0.1, 0.15) is 5.75 Å². The smallest absolute Gasteiger partial charge is 0.260 e. The van der Waals surface area contributed by atoms with Crippen molar-refractivity contribution in [1.29, 1.82) is 0 Å². The molecule has 0 aliphatic heterocycles. The van der Waals surface area contributed by atoms with Gasteiger partial charge in [0, 0.05) is 16.9 Å². The molecule has 1 rings (SSSR count). The Bertz CT molecular complexity index is 401. The zero-order valence-electron chi connectivity index (χ0n) is 11.0. The molecule has 106 valence electrons. The van der Waals surface area contributed by atoms with E-state index in [1.165, 1.54) is 0 Å². The van der Waals surface area contributed by atoms with Crippen molar-refractivity contribution >= 4 is 33.4 Å². The van der Waals surface area contributed by atoms with Crippen LogP contribution < -0.4 is 10.1 Å². The molecule has 0 bridgehead atoms. The average molecular weight is 349 g/mol. The van der Waals surface area contributed by atoms with E-state index in [4.69, 9.17) is 16.3 Å². The predicted octanol–water partition coefficient (Wildman–Crippen LogP) is 3.79. The van der Waals surface area contributed by atoms with Gasteiger partial charge in [-0.2, -0.15) is 0 Å². The van der Waals surface area contributed by atoms with Crippen LogP contribution in [0.1, 0.15) is 26.2 Å². The summed E-state index contributed by atoms with van der Waals surface area (Å²) in [5.41, 5.74) is 0. The highest BCUT2D eigenvalue weighted by molar-refractivity contribution is 9.09. The Morgan fingerprint density at radius 1 is 1.42 bits per heavy atom. The molecule has 0 spiro atoms. The fourth-order valence-electron chi connectivity index (χ4n) is 1.55. The summed E-state index contributed by atoms with van der Waals surface area (Å²) in [4.78, 5) is 11.8. The first kappa shape index (κ1) is 16.3. The number of nitrogens with one attached hydrogen (secondary N) is 1. The van der Waals surface area contributed by atoms with Crippen molar-refractivity contribution in [2.45, 2.75) is 32.3 Å². The molecule has 0 aromatic heterocycles. The summed E-state index contributed by atoms with van der Waals surface area (Å²) >= 11 is 9.23. The van der Waals surface area contributed by atoms with Gasteiger partial charge in [0.25, 0.3) is 5.91 Å². The van der Waals surface area contributed by atoms with E-state index in [-0.39, 0.29) is 5.91 Å². The van der Waals surface area contributed by atoms with Crippen LogP contribution in [0.2, 0.25) is 5.02 Å². The number of carbonyl (C=O) groups excluding carboxylic acids is 1. The minimum atomic E-state index is -0.519. The largest absolute Gasteiger partial charge is 0.481 e. The van der Waals surface area contributed by atoms with Crippen LogP contribution in [0.4, 0.5) is 0 Å². The number of amides is 1. The number of rotatable bonds is 8. The first-order valence-corrected chi connectivity index (χ1v) is 7.89. The van der Waals surface area contributed by atoms with Crippen LogP contribution in [-0.4, -0.2) is 23.9 Å². The second kappa shape index (κ2) is 9.21. The maximum atomic E-state index is 11.8. The molecule has 0 saturated heterocycles. The van der Waals surface area contributed by atoms with Crippen molar-refractivity contribution < 1.29 is 9.53 Å². The second-order valence-corrected chi connectivity index (χ2v) is 5.49. The van der Waals surface area contributed by atoms with Gasteiger partial charge in [-0.1, -0.05) is 40.0 Å². The fraction of sp³-hybridized carbons (Fsp3) is 0.500. The number of benzene rings is 1. The maximum absolute atomic E-state index is 11.8. The van der Waals surface area contributed by atoms with Gasteiger partial charge in [-0.25, -0.2) is 0 Å². The van der Waals surface area contributed by atoms with Gasteiger partial charge in [-0.05, 0) is 38.0 Å². The minimum Gasteiger partial charge on any atom is -0.481 e. The number of alkyl halides is 1. The molecule has 3 nitrogen and oxygen atoms in total. The van der Waals surface area contributed by atoms with E-state index in [0.29, 0.717) is 17.3 Å². The highest BCUT2D eigenvalue weighted by Gasteiger charge is 2.13. The summed E-state index contributed by atoms with van der Waals surface area (Å²) in [6.07, 6.45) is 2.70. The molecular weight excluding hydrogens is 330 g/mol. The molecule has 1 aromatic rings. The van der Waals surface area contributed by atoms with Crippen LogP contribution in [0.3, 0.4) is 0 Å². The normalized spacial score (nSPS) is 11.9. The Hall–Kier alpha value is -0.740. The van der Waals surface area contributed by atoms with Crippen molar-refractivity contribution in [3.05, 3.63) is 29.3 Å². The third kappa shape index (κ3) is 6.83. The Morgan fingerprint density at radius 2 is 2.21 bits per heavy atom. The third-order valence-electron chi connectivity index (χ3n) is 2.59. The van der Waals surface area contributed by atoms with Crippen LogP contribution >= 0.6 is 27.5 Å². The summed E-state index contributed by atoms with van der Waals surface area (Å²) in [6.45, 7) is 2.42. The van der Waals surface area contributed by atoms with Gasteiger partial charge in [-0.3, -0.25) is 4.79 Å². The van der Waals surface area contributed by atoms with Gasteiger partial charge in [0.2, 0.25) is 0 Å². The molecule has 5 heteroatoms. The van der Waals surface area contributed by atoms with Crippen molar-refractivity contribution in [2.24, 2.45) is 0 Å². The zero-order valence-corrected chi connectivity index (χ0v) is 13.3. The Balaban J connectivity index is 2.28.